The number of ether oxygens (including phenoxy) is 4. The Kier molecular flexibility index (Phi) is 7.09. The number of aliphatic hydroxyl groups excluding tert-OH is 1. The van der Waals surface area contributed by atoms with Crippen LogP contribution in [0.4, 0.5) is 0 Å². The van der Waals surface area contributed by atoms with Gasteiger partial charge in [-0.05, 0) is 24.7 Å². The number of aliphatic hydroxyl groups is 1. The van der Waals surface area contributed by atoms with Gasteiger partial charge < -0.3 is 24.1 Å². The first-order valence-corrected chi connectivity index (χ1v) is 9.52. The largest absolute Gasteiger partial charge is 0.392 e. The SMILES string of the molecule is CCC1O[C@H](OC)C(O[C@@H]2OC(CC)[C@@H](C)[C@H](O)C2C)[C@@H](C)[C@@H]1C. The molecule has 0 saturated carbocycles. The quantitative estimate of drug-likeness (QED) is 0.830. The smallest absolute Gasteiger partial charge is 0.184 e. The zero-order valence-electron chi connectivity index (χ0n) is 16.3. The van der Waals surface area contributed by atoms with Crippen molar-refractivity contribution in [3.05, 3.63) is 0 Å². The highest BCUT2D eigenvalue weighted by Crippen LogP contribution is 2.38. The summed E-state index contributed by atoms with van der Waals surface area (Å²) < 4.78 is 24.2. The minimum atomic E-state index is -0.430. The van der Waals surface area contributed by atoms with Crippen LogP contribution < -0.4 is 0 Å². The van der Waals surface area contributed by atoms with E-state index in [1.165, 1.54) is 0 Å². The molecule has 2 rings (SSSR count). The van der Waals surface area contributed by atoms with E-state index in [1.54, 1.807) is 7.11 Å². The van der Waals surface area contributed by atoms with Gasteiger partial charge in [-0.25, -0.2) is 0 Å². The van der Waals surface area contributed by atoms with Gasteiger partial charge in [0.1, 0.15) is 6.10 Å². The van der Waals surface area contributed by atoms with Crippen molar-refractivity contribution in [2.24, 2.45) is 23.7 Å². The molecule has 4 unspecified atom stereocenters. The molecule has 2 saturated heterocycles. The van der Waals surface area contributed by atoms with E-state index in [4.69, 9.17) is 18.9 Å². The number of hydrogen-bond acceptors (Lipinski definition) is 5. The van der Waals surface area contributed by atoms with E-state index < -0.39 is 18.7 Å². The Morgan fingerprint density at radius 1 is 0.792 bits per heavy atom. The molecule has 0 radical (unpaired) electrons. The molecule has 0 aromatic rings. The normalized spacial score (nSPS) is 50.0. The Morgan fingerprint density at radius 2 is 1.33 bits per heavy atom. The van der Waals surface area contributed by atoms with E-state index in [-0.39, 0.29) is 30.1 Å². The third-order valence-corrected chi connectivity index (χ3v) is 6.24. The van der Waals surface area contributed by atoms with Crippen molar-refractivity contribution in [2.75, 3.05) is 7.11 Å². The molecule has 2 fully saturated rings. The maximum absolute atomic E-state index is 10.5. The molecule has 0 aromatic carbocycles. The van der Waals surface area contributed by atoms with Crippen LogP contribution in [0.2, 0.25) is 0 Å². The predicted octanol–water partition coefficient (Wildman–Crippen LogP) is 3.19. The zero-order valence-corrected chi connectivity index (χ0v) is 16.3. The third kappa shape index (κ3) is 3.80. The van der Waals surface area contributed by atoms with Gasteiger partial charge in [-0.2, -0.15) is 0 Å². The highest BCUT2D eigenvalue weighted by Gasteiger charge is 2.46. The van der Waals surface area contributed by atoms with Gasteiger partial charge in [0.25, 0.3) is 0 Å². The summed E-state index contributed by atoms with van der Waals surface area (Å²) in [5.41, 5.74) is 0. The van der Waals surface area contributed by atoms with Gasteiger partial charge in [-0.1, -0.05) is 41.5 Å². The van der Waals surface area contributed by atoms with Crippen LogP contribution >= 0.6 is 0 Å². The van der Waals surface area contributed by atoms with E-state index in [9.17, 15) is 5.11 Å². The second-order valence-corrected chi connectivity index (χ2v) is 7.67. The van der Waals surface area contributed by atoms with Crippen molar-refractivity contribution in [1.29, 1.82) is 0 Å². The van der Waals surface area contributed by atoms with E-state index >= 15 is 0 Å². The lowest BCUT2D eigenvalue weighted by atomic mass is 9.82. The zero-order chi connectivity index (χ0) is 18.0. The van der Waals surface area contributed by atoms with Crippen LogP contribution in [-0.4, -0.2) is 49.2 Å². The highest BCUT2D eigenvalue weighted by molar-refractivity contribution is 4.88. The Labute approximate surface area is 147 Å². The van der Waals surface area contributed by atoms with E-state index in [0.29, 0.717) is 11.8 Å². The van der Waals surface area contributed by atoms with Gasteiger partial charge in [-0.15, -0.1) is 0 Å². The second-order valence-electron chi connectivity index (χ2n) is 7.67. The summed E-state index contributed by atoms with van der Waals surface area (Å²) in [5, 5.41) is 10.5. The molecule has 0 aliphatic carbocycles. The van der Waals surface area contributed by atoms with E-state index in [0.717, 1.165) is 12.8 Å². The number of methoxy groups -OCH3 is 1. The van der Waals surface area contributed by atoms with Crippen molar-refractivity contribution >= 4 is 0 Å². The fourth-order valence-corrected chi connectivity index (χ4v) is 4.16. The van der Waals surface area contributed by atoms with Crippen LogP contribution in [0.1, 0.15) is 54.4 Å². The Morgan fingerprint density at radius 3 is 1.88 bits per heavy atom. The van der Waals surface area contributed by atoms with Crippen LogP contribution in [0.25, 0.3) is 0 Å². The summed E-state index contributed by atoms with van der Waals surface area (Å²) in [6.07, 6.45) is 0.584. The maximum Gasteiger partial charge on any atom is 0.184 e. The lowest BCUT2D eigenvalue weighted by Gasteiger charge is -2.48. The van der Waals surface area contributed by atoms with Crippen molar-refractivity contribution in [1.82, 2.24) is 0 Å². The number of hydrogen-bond donors (Lipinski definition) is 1. The van der Waals surface area contributed by atoms with Crippen LogP contribution in [0.3, 0.4) is 0 Å². The van der Waals surface area contributed by atoms with Gasteiger partial charge in [0.05, 0.1) is 18.3 Å². The number of rotatable bonds is 5. The lowest BCUT2D eigenvalue weighted by molar-refractivity contribution is -0.337. The predicted molar refractivity (Wildman–Crippen MR) is 92.4 cm³/mol. The standard InChI is InChI=1S/C19H36O5/c1-8-14-10(3)11(4)17(19(21-7)23-14)24-18-13(6)16(20)12(5)15(9-2)22-18/h10-20H,8-9H2,1-7H3/t10-,11-,12+,13?,14?,15?,16-,17?,18-,19-/m0/s1. The van der Waals surface area contributed by atoms with E-state index in [1.807, 2.05) is 13.8 Å². The molecule has 0 spiro atoms. The molecule has 2 heterocycles. The van der Waals surface area contributed by atoms with Crippen LogP contribution in [0.5, 0.6) is 0 Å². The average molecular weight is 344 g/mol. The van der Waals surface area contributed by atoms with Crippen LogP contribution in [-0.2, 0) is 18.9 Å². The second kappa shape index (κ2) is 8.45. The first-order chi connectivity index (χ1) is 11.3. The highest BCUT2D eigenvalue weighted by atomic mass is 16.7. The minimum Gasteiger partial charge on any atom is -0.392 e. The summed E-state index contributed by atoms with van der Waals surface area (Å²) in [6, 6.07) is 0. The summed E-state index contributed by atoms with van der Waals surface area (Å²) in [6.45, 7) is 12.7. The molecule has 0 amide bonds. The molecule has 24 heavy (non-hydrogen) atoms. The molecule has 5 heteroatoms. The van der Waals surface area contributed by atoms with Crippen molar-refractivity contribution in [3.63, 3.8) is 0 Å². The molecule has 1 N–H and O–H groups in total. The fourth-order valence-electron chi connectivity index (χ4n) is 4.16. The summed E-state index contributed by atoms with van der Waals surface area (Å²) >= 11 is 0. The van der Waals surface area contributed by atoms with Crippen LogP contribution in [0, 0.1) is 23.7 Å². The van der Waals surface area contributed by atoms with Crippen molar-refractivity contribution in [3.8, 4) is 0 Å². The minimum absolute atomic E-state index is 0.0165. The summed E-state index contributed by atoms with van der Waals surface area (Å²) in [5.74, 6) is 0.718. The molecule has 5 nitrogen and oxygen atoms in total. The third-order valence-electron chi connectivity index (χ3n) is 6.24. The summed E-state index contributed by atoms with van der Waals surface area (Å²) in [4.78, 5) is 0. The molecular formula is C19H36O5. The van der Waals surface area contributed by atoms with Crippen molar-refractivity contribution in [2.45, 2.75) is 91.4 Å². The first-order valence-electron chi connectivity index (χ1n) is 9.52. The Hall–Kier alpha value is -0.200. The summed E-state index contributed by atoms with van der Waals surface area (Å²) in [7, 11) is 1.66. The fraction of sp³-hybridized carbons (Fsp3) is 1.00. The van der Waals surface area contributed by atoms with Gasteiger partial charge >= 0.3 is 0 Å². The Bertz CT molecular complexity index is 386. The van der Waals surface area contributed by atoms with Crippen molar-refractivity contribution < 1.29 is 24.1 Å². The van der Waals surface area contributed by atoms with Gasteiger partial charge in [-0.3, -0.25) is 0 Å². The lowest BCUT2D eigenvalue weighted by Crippen LogP contribution is -2.56. The van der Waals surface area contributed by atoms with Gasteiger partial charge in [0.2, 0.25) is 0 Å². The molecule has 142 valence electrons. The molecule has 0 aromatic heterocycles. The maximum atomic E-state index is 10.5. The van der Waals surface area contributed by atoms with Gasteiger partial charge in [0, 0.05) is 18.9 Å². The Balaban J connectivity index is 2.12. The molecule has 0 bridgehead atoms. The van der Waals surface area contributed by atoms with Gasteiger partial charge in [0.15, 0.2) is 12.6 Å². The van der Waals surface area contributed by atoms with Crippen LogP contribution in [0.15, 0.2) is 0 Å². The van der Waals surface area contributed by atoms with E-state index in [2.05, 4.69) is 27.7 Å². The molecule has 2 aliphatic rings. The monoisotopic (exact) mass is 344 g/mol. The average Bonchev–Trinajstić information content (AvgIpc) is 2.59. The topological polar surface area (TPSA) is 57.2 Å². The first kappa shape index (κ1) is 20.1. The molecule has 10 atom stereocenters. The molecular weight excluding hydrogens is 308 g/mol. The molecule has 2 aliphatic heterocycles.